The van der Waals surface area contributed by atoms with Crippen LogP contribution in [0.5, 0.6) is 0 Å². The minimum Gasteiger partial charge on any atom is -0.283 e. The van der Waals surface area contributed by atoms with Gasteiger partial charge in [0.05, 0.1) is 22.7 Å². The first kappa shape index (κ1) is 20.2. The first-order chi connectivity index (χ1) is 13.1. The van der Waals surface area contributed by atoms with E-state index in [1.54, 1.807) is 29.0 Å². The predicted octanol–water partition coefficient (Wildman–Crippen LogP) is 1.47. The first-order valence-electron chi connectivity index (χ1n) is 7.99. The highest BCUT2D eigenvalue weighted by molar-refractivity contribution is 7.92. The van der Waals surface area contributed by atoms with Gasteiger partial charge in [-0.15, -0.1) is 0 Å². The fourth-order valence-electron chi connectivity index (χ4n) is 2.46. The monoisotopic (exact) mass is 430 g/mol. The number of nitrogens with one attached hydrogen (secondary N) is 2. The lowest BCUT2D eigenvalue weighted by Crippen LogP contribution is -2.32. The number of rotatable bonds is 8. The number of aromatic nitrogens is 2. The number of halogens is 2. The average molecular weight is 430 g/mol. The van der Waals surface area contributed by atoms with Gasteiger partial charge in [-0.1, -0.05) is 0 Å². The van der Waals surface area contributed by atoms with E-state index in [4.69, 9.17) is 0 Å². The zero-order valence-electron chi connectivity index (χ0n) is 14.3. The molecule has 2 heterocycles. The lowest BCUT2D eigenvalue weighted by atomic mass is 10.2. The third kappa shape index (κ3) is 5.24. The molecule has 1 aromatic carbocycles. The number of sulfonamides is 2. The normalized spacial score (nSPS) is 12.4. The van der Waals surface area contributed by atoms with Crippen LogP contribution in [0.25, 0.3) is 5.52 Å². The Kier molecular flexibility index (Phi) is 5.63. The van der Waals surface area contributed by atoms with Gasteiger partial charge in [-0.2, -0.15) is 5.10 Å². The van der Waals surface area contributed by atoms with Crippen LogP contribution in [0.4, 0.5) is 14.5 Å². The van der Waals surface area contributed by atoms with Crippen molar-refractivity contribution in [1.82, 2.24) is 14.3 Å². The third-order valence-electron chi connectivity index (χ3n) is 3.72. The molecule has 0 unspecified atom stereocenters. The molecule has 12 heteroatoms. The van der Waals surface area contributed by atoms with Crippen LogP contribution in [-0.2, 0) is 25.8 Å². The van der Waals surface area contributed by atoms with E-state index in [9.17, 15) is 25.6 Å². The van der Waals surface area contributed by atoms with Gasteiger partial charge in [-0.05, 0) is 36.4 Å². The number of fused-ring (bicyclic) bond motifs is 1. The predicted molar refractivity (Wildman–Crippen MR) is 99.6 cm³/mol. The van der Waals surface area contributed by atoms with Gasteiger partial charge in [0.15, 0.2) is 0 Å². The highest BCUT2D eigenvalue weighted by Gasteiger charge is 2.17. The highest BCUT2D eigenvalue weighted by Crippen LogP contribution is 2.14. The van der Waals surface area contributed by atoms with Crippen LogP contribution < -0.4 is 9.44 Å². The molecule has 0 aliphatic rings. The van der Waals surface area contributed by atoms with E-state index in [0.29, 0.717) is 11.2 Å². The summed E-state index contributed by atoms with van der Waals surface area (Å²) in [4.78, 5) is 0. The Balaban J connectivity index is 1.58. The number of hydrogen-bond acceptors (Lipinski definition) is 5. The molecule has 0 saturated heterocycles. The van der Waals surface area contributed by atoms with Gasteiger partial charge >= 0.3 is 0 Å². The molecule has 0 saturated carbocycles. The number of pyridine rings is 1. The van der Waals surface area contributed by atoms with E-state index in [0.717, 1.165) is 18.2 Å². The standard InChI is InChI=1S/C16H16F2N4O4S2/c17-13-1-2-16(18)12(9-13)11-28(25,26)20-6-8-27(23,24)21-14-4-7-22-15(10-14)3-5-19-22/h1-5,7,9-10,20-21H,6,8,11H2. The minimum atomic E-state index is -4.05. The Morgan fingerprint density at radius 1 is 1.00 bits per heavy atom. The maximum Gasteiger partial charge on any atom is 0.234 e. The molecule has 0 aliphatic heterocycles. The molecule has 0 amide bonds. The summed E-state index contributed by atoms with van der Waals surface area (Å²) < 4.78 is 81.0. The van der Waals surface area contributed by atoms with E-state index in [1.807, 2.05) is 0 Å². The molecular formula is C16H16F2N4O4S2. The van der Waals surface area contributed by atoms with Gasteiger partial charge in [0.1, 0.15) is 11.6 Å². The van der Waals surface area contributed by atoms with Crippen molar-refractivity contribution >= 4 is 31.3 Å². The summed E-state index contributed by atoms with van der Waals surface area (Å²) >= 11 is 0. The summed E-state index contributed by atoms with van der Waals surface area (Å²) in [6.45, 7) is -0.427. The molecule has 3 rings (SSSR count). The van der Waals surface area contributed by atoms with Crippen molar-refractivity contribution in [2.45, 2.75) is 5.75 Å². The van der Waals surface area contributed by atoms with Crippen LogP contribution >= 0.6 is 0 Å². The van der Waals surface area contributed by atoms with Crippen LogP contribution in [0.15, 0.2) is 48.8 Å². The molecule has 0 fully saturated rings. The number of hydrogen-bond donors (Lipinski definition) is 2. The van der Waals surface area contributed by atoms with Gasteiger partial charge in [0, 0.05) is 24.5 Å². The molecule has 2 aromatic heterocycles. The minimum absolute atomic E-state index is 0.303. The Bertz CT molecular complexity index is 1210. The SMILES string of the molecule is O=S(=O)(Cc1cc(F)ccc1F)NCCS(=O)(=O)Nc1ccn2nccc2c1. The topological polar surface area (TPSA) is 110 Å². The lowest BCUT2D eigenvalue weighted by molar-refractivity contribution is 0.570. The van der Waals surface area contributed by atoms with Gasteiger partial charge in [-0.3, -0.25) is 4.72 Å². The smallest absolute Gasteiger partial charge is 0.234 e. The van der Waals surface area contributed by atoms with Crippen LogP contribution in [0.3, 0.4) is 0 Å². The van der Waals surface area contributed by atoms with Crippen LogP contribution in [0, 0.1) is 11.6 Å². The average Bonchev–Trinajstić information content (AvgIpc) is 3.04. The third-order valence-corrected chi connectivity index (χ3v) is 6.34. The second-order valence-corrected chi connectivity index (χ2v) is 9.57. The van der Waals surface area contributed by atoms with Crippen LogP contribution in [0.1, 0.15) is 5.56 Å². The first-order valence-corrected chi connectivity index (χ1v) is 11.3. The maximum atomic E-state index is 13.6. The number of benzene rings is 1. The molecule has 8 nitrogen and oxygen atoms in total. The molecule has 28 heavy (non-hydrogen) atoms. The highest BCUT2D eigenvalue weighted by atomic mass is 32.2. The fraction of sp³-hybridized carbons (Fsp3) is 0.188. The Labute approximate surface area is 160 Å². The molecule has 0 spiro atoms. The van der Waals surface area contributed by atoms with Gasteiger partial charge in [-0.25, -0.2) is 34.9 Å². The van der Waals surface area contributed by atoms with Crippen LogP contribution in [-0.4, -0.2) is 38.7 Å². The molecule has 0 atom stereocenters. The maximum absolute atomic E-state index is 13.6. The van der Waals surface area contributed by atoms with E-state index in [2.05, 4.69) is 14.5 Å². The van der Waals surface area contributed by atoms with Gasteiger partial charge in [0.2, 0.25) is 20.0 Å². The molecule has 0 aliphatic carbocycles. The van der Waals surface area contributed by atoms with E-state index in [-0.39, 0.29) is 5.56 Å². The molecule has 150 valence electrons. The van der Waals surface area contributed by atoms with Gasteiger partial charge in [0.25, 0.3) is 0 Å². The zero-order chi connectivity index (χ0) is 20.4. The molecular weight excluding hydrogens is 414 g/mol. The lowest BCUT2D eigenvalue weighted by Gasteiger charge is -2.10. The Morgan fingerprint density at radius 2 is 1.79 bits per heavy atom. The molecule has 0 bridgehead atoms. The van der Waals surface area contributed by atoms with Crippen molar-refractivity contribution in [2.24, 2.45) is 0 Å². The summed E-state index contributed by atoms with van der Waals surface area (Å²) in [7, 11) is -7.89. The quantitative estimate of drug-likeness (QED) is 0.563. The molecule has 0 radical (unpaired) electrons. The summed E-state index contributed by atoms with van der Waals surface area (Å²) in [6.07, 6.45) is 3.13. The molecule has 3 aromatic rings. The van der Waals surface area contributed by atoms with Crippen molar-refractivity contribution in [3.63, 3.8) is 0 Å². The number of anilines is 1. The Hall–Kier alpha value is -2.57. The second kappa shape index (κ2) is 7.81. The number of nitrogens with zero attached hydrogens (tertiary/aromatic N) is 2. The fourth-order valence-corrected chi connectivity index (χ4v) is 4.69. The summed E-state index contributed by atoms with van der Waals surface area (Å²) in [5.74, 6) is -2.98. The largest absolute Gasteiger partial charge is 0.283 e. The van der Waals surface area contributed by atoms with Crippen molar-refractivity contribution in [2.75, 3.05) is 17.0 Å². The van der Waals surface area contributed by atoms with Gasteiger partial charge < -0.3 is 0 Å². The summed E-state index contributed by atoms with van der Waals surface area (Å²) in [6, 6.07) is 7.25. The van der Waals surface area contributed by atoms with E-state index < -0.39 is 49.7 Å². The van der Waals surface area contributed by atoms with Crippen molar-refractivity contribution in [1.29, 1.82) is 0 Å². The van der Waals surface area contributed by atoms with E-state index >= 15 is 0 Å². The van der Waals surface area contributed by atoms with Crippen molar-refractivity contribution in [3.8, 4) is 0 Å². The molecule has 2 N–H and O–H groups in total. The Morgan fingerprint density at radius 3 is 2.57 bits per heavy atom. The van der Waals surface area contributed by atoms with E-state index in [1.165, 1.54) is 6.07 Å². The zero-order valence-corrected chi connectivity index (χ0v) is 16.0. The second-order valence-electron chi connectivity index (χ2n) is 5.93. The summed E-state index contributed by atoms with van der Waals surface area (Å²) in [5.41, 5.74) is 0.637. The van der Waals surface area contributed by atoms with Crippen molar-refractivity contribution < 1.29 is 25.6 Å². The van der Waals surface area contributed by atoms with Crippen LogP contribution in [0.2, 0.25) is 0 Å². The van der Waals surface area contributed by atoms with Crippen molar-refractivity contribution in [3.05, 3.63) is 66.0 Å². The summed E-state index contributed by atoms with van der Waals surface area (Å²) in [5, 5.41) is 3.99.